The first kappa shape index (κ1) is 17.5. The maximum Gasteiger partial charge on any atom is 0.267 e. The third kappa shape index (κ3) is 3.40. The van der Waals surface area contributed by atoms with Gasteiger partial charge in [-0.2, -0.15) is 0 Å². The number of nitrogens with zero attached hydrogens (tertiary/aromatic N) is 2. The van der Waals surface area contributed by atoms with Gasteiger partial charge in [-0.1, -0.05) is 18.2 Å². The zero-order chi connectivity index (χ0) is 18.9. The highest BCUT2D eigenvalue weighted by molar-refractivity contribution is 7.90. The molecule has 2 heterocycles. The molecule has 5 nitrogen and oxygen atoms in total. The van der Waals surface area contributed by atoms with Gasteiger partial charge >= 0.3 is 0 Å². The molecule has 0 bridgehead atoms. The monoisotopic (exact) mass is 380 g/mol. The van der Waals surface area contributed by atoms with Gasteiger partial charge in [-0.25, -0.2) is 12.4 Å². The molecule has 0 unspecified atom stereocenters. The summed E-state index contributed by atoms with van der Waals surface area (Å²) in [5.41, 5.74) is 2.02. The van der Waals surface area contributed by atoms with Gasteiger partial charge in [0.25, 0.3) is 10.0 Å². The number of rotatable bonds is 5. The smallest absolute Gasteiger partial charge is 0.267 e. The molecule has 1 saturated heterocycles. The van der Waals surface area contributed by atoms with E-state index in [1.54, 1.807) is 30.3 Å². The Balaban J connectivity index is 1.57. The highest BCUT2D eigenvalue weighted by Gasteiger charge is 2.19. The normalized spacial score (nSPS) is 14.4. The van der Waals surface area contributed by atoms with E-state index in [-0.39, 0.29) is 10.7 Å². The Kier molecular flexibility index (Phi) is 4.58. The lowest BCUT2D eigenvalue weighted by Gasteiger charge is -2.17. The third-order valence-corrected chi connectivity index (χ3v) is 6.50. The second-order valence-corrected chi connectivity index (χ2v) is 8.46. The van der Waals surface area contributed by atoms with E-state index in [0.717, 1.165) is 22.7 Å². The maximum atomic E-state index is 12.7. The van der Waals surface area contributed by atoms with E-state index >= 15 is 0 Å². The summed E-state index contributed by atoms with van der Waals surface area (Å²) < 4.78 is 26.4. The molecule has 1 fully saturated rings. The number of carbonyl (C=O) groups is 1. The fourth-order valence-corrected chi connectivity index (χ4v) is 4.56. The summed E-state index contributed by atoms with van der Waals surface area (Å²) in [6, 6.07) is 17.2. The molecule has 0 saturated carbocycles. The van der Waals surface area contributed by atoms with Gasteiger partial charge in [0.05, 0.1) is 4.90 Å². The van der Waals surface area contributed by atoms with Crippen molar-refractivity contribution >= 4 is 21.5 Å². The lowest BCUT2D eigenvalue weighted by atomic mass is 10.1. The van der Waals surface area contributed by atoms with Gasteiger partial charge < -0.3 is 4.90 Å². The molecule has 0 N–H and O–H groups in total. The molecule has 6 heteroatoms. The van der Waals surface area contributed by atoms with Crippen molar-refractivity contribution in [2.45, 2.75) is 17.7 Å². The van der Waals surface area contributed by atoms with Crippen LogP contribution >= 0.6 is 0 Å². The summed E-state index contributed by atoms with van der Waals surface area (Å²) in [6.07, 6.45) is 5.18. The van der Waals surface area contributed by atoms with Gasteiger partial charge in [-0.3, -0.25) is 4.79 Å². The van der Waals surface area contributed by atoms with Crippen LogP contribution in [0.5, 0.6) is 0 Å². The highest BCUT2D eigenvalue weighted by atomic mass is 32.2. The molecule has 1 aromatic heterocycles. The molecule has 0 spiro atoms. The molecule has 2 aromatic carbocycles. The Bertz CT molecular complexity index is 1050. The van der Waals surface area contributed by atoms with Gasteiger partial charge in [0.15, 0.2) is 5.78 Å². The van der Waals surface area contributed by atoms with Crippen molar-refractivity contribution in [3.63, 3.8) is 0 Å². The molecular weight excluding hydrogens is 360 g/mol. The van der Waals surface area contributed by atoms with Crippen molar-refractivity contribution in [1.82, 2.24) is 3.97 Å². The highest BCUT2D eigenvalue weighted by Crippen LogP contribution is 2.22. The van der Waals surface area contributed by atoms with E-state index < -0.39 is 10.0 Å². The first-order valence-electron chi connectivity index (χ1n) is 8.94. The van der Waals surface area contributed by atoms with Crippen molar-refractivity contribution in [1.29, 1.82) is 0 Å². The molecule has 1 aliphatic rings. The van der Waals surface area contributed by atoms with E-state index in [1.165, 1.54) is 43.4 Å². The van der Waals surface area contributed by atoms with E-state index in [9.17, 15) is 13.2 Å². The van der Waals surface area contributed by atoms with Crippen LogP contribution in [0.1, 0.15) is 28.8 Å². The average Bonchev–Trinajstić information content (AvgIpc) is 3.41. The zero-order valence-electron chi connectivity index (χ0n) is 14.8. The van der Waals surface area contributed by atoms with Gasteiger partial charge in [0.2, 0.25) is 0 Å². The lowest BCUT2D eigenvalue weighted by molar-refractivity contribution is 0.103. The molecular formula is C21H20N2O3S. The summed E-state index contributed by atoms with van der Waals surface area (Å²) in [5.74, 6) is -0.190. The molecule has 0 amide bonds. The zero-order valence-corrected chi connectivity index (χ0v) is 15.6. The predicted octanol–water partition coefficient (Wildman–Crippen LogP) is 3.56. The Labute approximate surface area is 158 Å². The summed E-state index contributed by atoms with van der Waals surface area (Å²) in [6.45, 7) is 2.10. The van der Waals surface area contributed by atoms with Gasteiger partial charge in [0, 0.05) is 42.3 Å². The van der Waals surface area contributed by atoms with Crippen LogP contribution in [-0.4, -0.2) is 31.3 Å². The summed E-state index contributed by atoms with van der Waals surface area (Å²) in [5, 5.41) is 0. The maximum absolute atomic E-state index is 12.7. The van der Waals surface area contributed by atoms with E-state index in [0.29, 0.717) is 11.1 Å². The SMILES string of the molecule is O=C(c1ccc(N2CCCC2)cc1)c1ccn(S(=O)(=O)c2ccccc2)c1. The second-order valence-electron chi connectivity index (χ2n) is 6.62. The first-order valence-corrected chi connectivity index (χ1v) is 10.4. The van der Waals surface area contributed by atoms with Crippen LogP contribution in [0.15, 0.2) is 78.0 Å². The number of hydrogen-bond donors (Lipinski definition) is 0. The second kappa shape index (κ2) is 7.04. The molecule has 138 valence electrons. The average molecular weight is 380 g/mol. The van der Waals surface area contributed by atoms with Crippen LogP contribution in [0.2, 0.25) is 0 Å². The summed E-state index contributed by atoms with van der Waals surface area (Å²) >= 11 is 0. The predicted molar refractivity (Wildman–Crippen MR) is 105 cm³/mol. The Morgan fingerprint density at radius 2 is 1.48 bits per heavy atom. The minimum atomic E-state index is -3.69. The number of carbonyl (C=O) groups excluding carboxylic acids is 1. The minimum Gasteiger partial charge on any atom is -0.372 e. The Hall–Kier alpha value is -2.86. The van der Waals surface area contributed by atoms with Crippen LogP contribution in [-0.2, 0) is 10.0 Å². The van der Waals surface area contributed by atoms with Crippen LogP contribution in [0.3, 0.4) is 0 Å². The Morgan fingerprint density at radius 1 is 0.815 bits per heavy atom. The van der Waals surface area contributed by atoms with Gasteiger partial charge in [-0.15, -0.1) is 0 Å². The molecule has 0 radical (unpaired) electrons. The van der Waals surface area contributed by atoms with E-state index in [1.807, 2.05) is 12.1 Å². The number of anilines is 1. The molecule has 1 aliphatic heterocycles. The fourth-order valence-electron chi connectivity index (χ4n) is 3.34. The van der Waals surface area contributed by atoms with Gasteiger partial charge in [0.1, 0.15) is 0 Å². The molecule has 3 aromatic rings. The van der Waals surface area contributed by atoms with Crippen LogP contribution < -0.4 is 4.90 Å². The minimum absolute atomic E-state index is 0.189. The molecule has 4 rings (SSSR count). The van der Waals surface area contributed by atoms with E-state index in [2.05, 4.69) is 4.90 Å². The number of benzene rings is 2. The van der Waals surface area contributed by atoms with Crippen LogP contribution in [0.4, 0.5) is 5.69 Å². The summed E-state index contributed by atoms with van der Waals surface area (Å²) in [7, 11) is -3.69. The molecule has 0 aliphatic carbocycles. The number of ketones is 1. The fraction of sp³-hybridized carbons (Fsp3) is 0.190. The standard InChI is InChI=1S/C21H20N2O3S/c24-21(17-8-10-19(11-9-17)22-13-4-5-14-22)18-12-15-23(16-18)27(25,26)20-6-2-1-3-7-20/h1-3,6-12,15-16H,4-5,13-14H2. The first-order chi connectivity index (χ1) is 13.1. The van der Waals surface area contributed by atoms with Crippen LogP contribution in [0, 0.1) is 0 Å². The lowest BCUT2D eigenvalue weighted by Crippen LogP contribution is -2.17. The third-order valence-electron chi connectivity index (χ3n) is 4.85. The molecule has 27 heavy (non-hydrogen) atoms. The van der Waals surface area contributed by atoms with E-state index in [4.69, 9.17) is 0 Å². The largest absolute Gasteiger partial charge is 0.372 e. The van der Waals surface area contributed by atoms with Crippen molar-refractivity contribution in [2.75, 3.05) is 18.0 Å². The molecule has 0 atom stereocenters. The van der Waals surface area contributed by atoms with Crippen LogP contribution in [0.25, 0.3) is 0 Å². The quantitative estimate of drug-likeness (QED) is 0.635. The topological polar surface area (TPSA) is 59.4 Å². The Morgan fingerprint density at radius 3 is 2.15 bits per heavy atom. The van der Waals surface area contributed by atoms with Crippen molar-refractivity contribution < 1.29 is 13.2 Å². The van der Waals surface area contributed by atoms with Crippen molar-refractivity contribution in [3.05, 3.63) is 84.2 Å². The number of aromatic nitrogens is 1. The number of hydrogen-bond acceptors (Lipinski definition) is 4. The summed E-state index contributed by atoms with van der Waals surface area (Å²) in [4.78, 5) is 15.2. The van der Waals surface area contributed by atoms with Gasteiger partial charge in [-0.05, 0) is 55.3 Å². The van der Waals surface area contributed by atoms with Crippen molar-refractivity contribution in [2.24, 2.45) is 0 Å². The van der Waals surface area contributed by atoms with Crippen molar-refractivity contribution in [3.8, 4) is 0 Å².